The van der Waals surface area contributed by atoms with E-state index >= 15 is 0 Å². The van der Waals surface area contributed by atoms with Gasteiger partial charge in [-0.2, -0.15) is 0 Å². The summed E-state index contributed by atoms with van der Waals surface area (Å²) in [6, 6.07) is 11.5. The summed E-state index contributed by atoms with van der Waals surface area (Å²) in [7, 11) is 0. The Balaban J connectivity index is 2.31. The molecule has 2 nitrogen and oxygen atoms in total. The summed E-state index contributed by atoms with van der Waals surface area (Å²) in [5.74, 6) is 0.825. The highest BCUT2D eigenvalue weighted by molar-refractivity contribution is 6.67. The molecule has 0 unspecified atom stereocenters. The average Bonchev–Trinajstić information content (AvgIpc) is 2.77. The SMILES string of the molecule is CC(C)(C)c1ccc(-c2ccc(C(=O)Cl)o2)cc1. The molecule has 0 N–H and O–H groups in total. The van der Waals surface area contributed by atoms with E-state index in [-0.39, 0.29) is 11.2 Å². The van der Waals surface area contributed by atoms with Crippen LogP contribution in [0.15, 0.2) is 40.8 Å². The second-order valence-electron chi connectivity index (χ2n) is 5.26. The zero-order valence-electron chi connectivity index (χ0n) is 10.7. The molecule has 0 amide bonds. The lowest BCUT2D eigenvalue weighted by Crippen LogP contribution is -2.10. The molecule has 0 aliphatic rings. The van der Waals surface area contributed by atoms with Gasteiger partial charge in [-0.05, 0) is 34.7 Å². The van der Waals surface area contributed by atoms with Gasteiger partial charge in [0, 0.05) is 5.56 Å². The normalized spacial score (nSPS) is 11.6. The van der Waals surface area contributed by atoms with Gasteiger partial charge in [0.1, 0.15) is 5.76 Å². The van der Waals surface area contributed by atoms with Crippen molar-refractivity contribution in [2.75, 3.05) is 0 Å². The Morgan fingerprint density at radius 3 is 2.11 bits per heavy atom. The molecular weight excluding hydrogens is 248 g/mol. The maximum atomic E-state index is 10.9. The molecule has 1 aromatic carbocycles. The second-order valence-corrected chi connectivity index (χ2v) is 5.61. The van der Waals surface area contributed by atoms with E-state index < -0.39 is 5.24 Å². The lowest BCUT2D eigenvalue weighted by molar-refractivity contribution is 0.105. The van der Waals surface area contributed by atoms with Crippen molar-refractivity contribution in [3.8, 4) is 11.3 Å². The highest BCUT2D eigenvalue weighted by Crippen LogP contribution is 2.27. The smallest absolute Gasteiger partial charge is 0.287 e. The Morgan fingerprint density at radius 2 is 1.67 bits per heavy atom. The molecule has 18 heavy (non-hydrogen) atoms. The molecule has 0 saturated heterocycles. The van der Waals surface area contributed by atoms with Crippen molar-refractivity contribution in [1.82, 2.24) is 0 Å². The van der Waals surface area contributed by atoms with Gasteiger partial charge in [0.25, 0.3) is 5.24 Å². The van der Waals surface area contributed by atoms with Crippen LogP contribution in [-0.2, 0) is 5.41 Å². The van der Waals surface area contributed by atoms with Gasteiger partial charge in [-0.3, -0.25) is 4.79 Å². The van der Waals surface area contributed by atoms with Crippen molar-refractivity contribution in [2.24, 2.45) is 0 Å². The number of hydrogen-bond donors (Lipinski definition) is 0. The van der Waals surface area contributed by atoms with Crippen LogP contribution >= 0.6 is 11.6 Å². The van der Waals surface area contributed by atoms with E-state index in [0.717, 1.165) is 5.56 Å². The summed E-state index contributed by atoms with van der Waals surface area (Å²) in [5.41, 5.74) is 2.32. The standard InChI is InChI=1S/C15H15ClO2/c1-15(2,3)11-6-4-10(5-7-11)12-8-9-13(18-12)14(16)17/h4-9H,1-3H3. The van der Waals surface area contributed by atoms with Gasteiger partial charge in [-0.15, -0.1) is 0 Å². The molecule has 2 aromatic rings. The van der Waals surface area contributed by atoms with Crippen molar-refractivity contribution in [3.63, 3.8) is 0 Å². The molecule has 0 radical (unpaired) electrons. The highest BCUT2D eigenvalue weighted by atomic mass is 35.5. The molecule has 1 aromatic heterocycles. The lowest BCUT2D eigenvalue weighted by atomic mass is 9.86. The van der Waals surface area contributed by atoms with Crippen molar-refractivity contribution in [3.05, 3.63) is 47.7 Å². The summed E-state index contributed by atoms with van der Waals surface area (Å²) in [6.07, 6.45) is 0. The van der Waals surface area contributed by atoms with Crippen LogP contribution < -0.4 is 0 Å². The summed E-state index contributed by atoms with van der Waals surface area (Å²) in [4.78, 5) is 10.9. The van der Waals surface area contributed by atoms with Crippen molar-refractivity contribution in [1.29, 1.82) is 0 Å². The quantitative estimate of drug-likeness (QED) is 0.739. The lowest BCUT2D eigenvalue weighted by Gasteiger charge is -2.18. The first-order valence-corrected chi connectivity index (χ1v) is 6.16. The van der Waals surface area contributed by atoms with Crippen molar-refractivity contribution >= 4 is 16.8 Å². The van der Waals surface area contributed by atoms with Crippen LogP contribution in [0.4, 0.5) is 0 Å². The molecule has 0 bridgehead atoms. The molecule has 0 atom stereocenters. The van der Waals surface area contributed by atoms with Crippen LogP contribution in [0, 0.1) is 0 Å². The molecule has 3 heteroatoms. The third-order valence-corrected chi connectivity index (χ3v) is 3.02. The van der Waals surface area contributed by atoms with E-state index in [2.05, 4.69) is 32.9 Å². The van der Waals surface area contributed by atoms with Gasteiger partial charge in [0.15, 0.2) is 5.76 Å². The number of carbonyl (C=O) groups excluding carboxylic acids is 1. The minimum Gasteiger partial charge on any atom is -0.452 e. The zero-order chi connectivity index (χ0) is 13.3. The first kappa shape index (κ1) is 12.9. The van der Waals surface area contributed by atoms with Gasteiger partial charge in [0.05, 0.1) is 0 Å². The Labute approximate surface area is 112 Å². The van der Waals surface area contributed by atoms with Crippen LogP contribution in [0.5, 0.6) is 0 Å². The summed E-state index contributed by atoms with van der Waals surface area (Å²) < 4.78 is 5.38. The minimum atomic E-state index is -0.576. The fraction of sp³-hybridized carbons (Fsp3) is 0.267. The number of furan rings is 1. The highest BCUT2D eigenvalue weighted by Gasteiger charge is 2.14. The first-order chi connectivity index (χ1) is 8.38. The number of carbonyl (C=O) groups is 1. The van der Waals surface area contributed by atoms with E-state index in [1.807, 2.05) is 12.1 Å². The predicted octanol–water partition coefficient (Wildman–Crippen LogP) is 4.62. The first-order valence-electron chi connectivity index (χ1n) is 5.78. The van der Waals surface area contributed by atoms with Crippen molar-refractivity contribution in [2.45, 2.75) is 26.2 Å². The van der Waals surface area contributed by atoms with E-state index in [4.69, 9.17) is 16.0 Å². The average molecular weight is 263 g/mol. The number of rotatable bonds is 2. The van der Waals surface area contributed by atoms with E-state index in [0.29, 0.717) is 5.76 Å². The number of hydrogen-bond acceptors (Lipinski definition) is 2. The zero-order valence-corrected chi connectivity index (χ0v) is 11.4. The molecule has 2 rings (SSSR count). The van der Waals surface area contributed by atoms with E-state index in [9.17, 15) is 4.79 Å². The maximum Gasteiger partial charge on any atom is 0.287 e. The van der Waals surface area contributed by atoms with Gasteiger partial charge in [0.2, 0.25) is 0 Å². The largest absolute Gasteiger partial charge is 0.452 e. The maximum absolute atomic E-state index is 10.9. The van der Waals surface area contributed by atoms with Gasteiger partial charge in [-0.25, -0.2) is 0 Å². The predicted molar refractivity (Wildman–Crippen MR) is 73.0 cm³/mol. The molecule has 0 aliphatic carbocycles. The van der Waals surface area contributed by atoms with Crippen LogP contribution in [-0.4, -0.2) is 5.24 Å². The Bertz CT molecular complexity index is 559. The molecule has 0 spiro atoms. The number of benzene rings is 1. The second kappa shape index (κ2) is 4.62. The van der Waals surface area contributed by atoms with Gasteiger partial charge >= 0.3 is 0 Å². The molecule has 0 aliphatic heterocycles. The van der Waals surface area contributed by atoms with Gasteiger partial charge < -0.3 is 4.42 Å². The van der Waals surface area contributed by atoms with Crippen LogP contribution in [0.1, 0.15) is 36.9 Å². The van der Waals surface area contributed by atoms with Crippen LogP contribution in [0.25, 0.3) is 11.3 Å². The Morgan fingerprint density at radius 1 is 1.06 bits per heavy atom. The topological polar surface area (TPSA) is 30.2 Å². The summed E-state index contributed by atoms with van der Waals surface area (Å²) in [5, 5.41) is -0.576. The minimum absolute atomic E-state index is 0.124. The van der Waals surface area contributed by atoms with Crippen LogP contribution in [0.3, 0.4) is 0 Å². The van der Waals surface area contributed by atoms with Crippen molar-refractivity contribution < 1.29 is 9.21 Å². The third kappa shape index (κ3) is 2.65. The molecule has 1 heterocycles. The Kier molecular flexibility index (Phi) is 3.31. The summed E-state index contributed by atoms with van der Waals surface area (Å²) in [6.45, 7) is 6.50. The third-order valence-electron chi connectivity index (χ3n) is 2.84. The van der Waals surface area contributed by atoms with Gasteiger partial charge in [-0.1, -0.05) is 45.0 Å². The molecular formula is C15H15ClO2. The Hall–Kier alpha value is -1.54. The number of halogens is 1. The van der Waals surface area contributed by atoms with E-state index in [1.54, 1.807) is 12.1 Å². The molecule has 94 valence electrons. The van der Waals surface area contributed by atoms with Crippen LogP contribution in [0.2, 0.25) is 0 Å². The fourth-order valence-corrected chi connectivity index (χ4v) is 1.83. The summed E-state index contributed by atoms with van der Waals surface area (Å²) >= 11 is 5.36. The monoisotopic (exact) mass is 262 g/mol. The molecule has 0 saturated carbocycles. The fourth-order valence-electron chi connectivity index (χ4n) is 1.73. The van der Waals surface area contributed by atoms with E-state index in [1.165, 1.54) is 5.56 Å². The molecule has 0 fully saturated rings.